The number of anilines is 1. The minimum atomic E-state index is -0.0261. The van der Waals surface area contributed by atoms with Crippen LogP contribution in [0.2, 0.25) is 0 Å². The highest BCUT2D eigenvalue weighted by atomic mass is 32.2. The summed E-state index contributed by atoms with van der Waals surface area (Å²) in [5, 5.41) is 8.47. The van der Waals surface area contributed by atoms with Crippen LogP contribution in [0.3, 0.4) is 0 Å². The van der Waals surface area contributed by atoms with Crippen LogP contribution in [0.15, 0.2) is 64.2 Å². The van der Waals surface area contributed by atoms with Gasteiger partial charge in [-0.3, -0.25) is 4.79 Å². The van der Waals surface area contributed by atoms with Crippen LogP contribution in [0.5, 0.6) is 0 Å². The van der Waals surface area contributed by atoms with Crippen molar-refractivity contribution in [2.24, 2.45) is 0 Å². The zero-order valence-electron chi connectivity index (χ0n) is 13.5. The minimum absolute atomic E-state index is 0.0261. The van der Waals surface area contributed by atoms with Crippen LogP contribution in [-0.2, 0) is 4.79 Å². The van der Waals surface area contributed by atoms with Crippen LogP contribution in [0, 0.1) is 6.92 Å². The number of hydrogen-bond acceptors (Lipinski definition) is 5. The van der Waals surface area contributed by atoms with E-state index in [1.807, 2.05) is 61.5 Å². The fraction of sp³-hybridized carbons (Fsp3) is 0.167. The number of hydrogen-bond donors (Lipinski definition) is 0. The van der Waals surface area contributed by atoms with Crippen LogP contribution in [-0.4, -0.2) is 28.9 Å². The first-order valence-electron chi connectivity index (χ1n) is 7.49. The van der Waals surface area contributed by atoms with Gasteiger partial charge in [0, 0.05) is 18.3 Å². The first-order chi connectivity index (χ1) is 11.6. The molecular formula is C18H17N3O2S. The number of amides is 1. The zero-order valence-corrected chi connectivity index (χ0v) is 14.3. The summed E-state index contributed by atoms with van der Waals surface area (Å²) in [5.74, 6) is 0.683. The predicted octanol–water partition coefficient (Wildman–Crippen LogP) is 3.80. The van der Waals surface area contributed by atoms with Gasteiger partial charge in [-0.15, -0.1) is 10.2 Å². The molecule has 0 atom stereocenters. The molecule has 24 heavy (non-hydrogen) atoms. The molecule has 1 aromatic heterocycles. The number of carbonyl (C=O) groups excluding carboxylic acids is 1. The fourth-order valence-electron chi connectivity index (χ4n) is 2.21. The molecule has 0 aliphatic heterocycles. The molecule has 0 spiro atoms. The summed E-state index contributed by atoms with van der Waals surface area (Å²) in [5.41, 5.74) is 2.83. The Morgan fingerprint density at radius 3 is 2.54 bits per heavy atom. The lowest BCUT2D eigenvalue weighted by atomic mass is 10.1. The monoisotopic (exact) mass is 339 g/mol. The molecule has 122 valence electrons. The molecule has 6 heteroatoms. The molecule has 0 saturated carbocycles. The van der Waals surface area contributed by atoms with Crippen molar-refractivity contribution in [2.45, 2.75) is 12.1 Å². The summed E-state index contributed by atoms with van der Waals surface area (Å²) in [4.78, 5) is 13.9. The van der Waals surface area contributed by atoms with Crippen LogP contribution in [0.1, 0.15) is 5.56 Å². The molecule has 3 aromatic rings. The number of rotatable bonds is 5. The van der Waals surface area contributed by atoms with Gasteiger partial charge < -0.3 is 9.32 Å². The zero-order chi connectivity index (χ0) is 16.9. The van der Waals surface area contributed by atoms with E-state index < -0.39 is 0 Å². The summed E-state index contributed by atoms with van der Waals surface area (Å²) >= 11 is 1.24. The molecule has 0 radical (unpaired) electrons. The smallest absolute Gasteiger partial charge is 0.277 e. The second-order valence-corrected chi connectivity index (χ2v) is 6.19. The van der Waals surface area contributed by atoms with Gasteiger partial charge in [-0.25, -0.2) is 0 Å². The van der Waals surface area contributed by atoms with Crippen LogP contribution < -0.4 is 4.90 Å². The normalized spacial score (nSPS) is 10.6. The van der Waals surface area contributed by atoms with Gasteiger partial charge in [0.15, 0.2) is 0 Å². The van der Waals surface area contributed by atoms with Crippen molar-refractivity contribution in [2.75, 3.05) is 17.7 Å². The minimum Gasteiger partial charge on any atom is -0.411 e. The van der Waals surface area contributed by atoms with E-state index in [0.29, 0.717) is 11.1 Å². The van der Waals surface area contributed by atoms with E-state index in [-0.39, 0.29) is 11.7 Å². The first kappa shape index (κ1) is 16.3. The van der Waals surface area contributed by atoms with E-state index in [1.165, 1.54) is 11.8 Å². The Balaban J connectivity index is 1.64. The largest absolute Gasteiger partial charge is 0.411 e. The first-order valence-corrected chi connectivity index (χ1v) is 8.47. The number of carbonyl (C=O) groups is 1. The number of nitrogens with zero attached hydrogens (tertiary/aromatic N) is 3. The van der Waals surface area contributed by atoms with Crippen LogP contribution >= 0.6 is 11.8 Å². The average molecular weight is 339 g/mol. The van der Waals surface area contributed by atoms with E-state index in [9.17, 15) is 4.79 Å². The molecule has 0 aliphatic carbocycles. The maximum absolute atomic E-state index is 12.3. The van der Waals surface area contributed by atoms with E-state index >= 15 is 0 Å². The molecule has 2 aromatic carbocycles. The number of aromatic nitrogens is 2. The second kappa shape index (κ2) is 7.31. The van der Waals surface area contributed by atoms with Crippen molar-refractivity contribution >= 4 is 23.4 Å². The standard InChI is InChI=1S/C18H17N3O2S/c1-13-8-6-7-11-15(13)17-19-20-18(23-17)24-12-16(22)21(2)14-9-4-3-5-10-14/h3-11H,12H2,1-2H3. The number of thioether (sulfide) groups is 1. The topological polar surface area (TPSA) is 59.2 Å². The van der Waals surface area contributed by atoms with Crippen molar-refractivity contribution in [3.05, 3.63) is 60.2 Å². The molecule has 5 nitrogen and oxygen atoms in total. The predicted molar refractivity (Wildman–Crippen MR) is 95.0 cm³/mol. The lowest BCUT2D eigenvalue weighted by Crippen LogP contribution is -2.27. The third kappa shape index (κ3) is 3.65. The molecule has 0 bridgehead atoms. The van der Waals surface area contributed by atoms with E-state index in [2.05, 4.69) is 10.2 Å². The molecule has 1 amide bonds. The highest BCUT2D eigenvalue weighted by molar-refractivity contribution is 7.99. The van der Waals surface area contributed by atoms with Crippen molar-refractivity contribution in [3.8, 4) is 11.5 Å². The molecule has 1 heterocycles. The number of para-hydroxylation sites is 1. The Bertz CT molecular complexity index is 833. The lowest BCUT2D eigenvalue weighted by Gasteiger charge is -2.16. The molecule has 0 unspecified atom stereocenters. The Morgan fingerprint density at radius 2 is 1.79 bits per heavy atom. The van der Waals surface area contributed by atoms with Gasteiger partial charge >= 0.3 is 0 Å². The molecule has 3 rings (SSSR count). The molecule has 0 fully saturated rings. The average Bonchev–Trinajstić information content (AvgIpc) is 3.09. The lowest BCUT2D eigenvalue weighted by molar-refractivity contribution is -0.115. The van der Waals surface area contributed by atoms with Gasteiger partial charge in [0.05, 0.1) is 5.75 Å². The highest BCUT2D eigenvalue weighted by Crippen LogP contribution is 2.25. The van der Waals surface area contributed by atoms with Gasteiger partial charge in [-0.1, -0.05) is 48.2 Å². The maximum atomic E-state index is 12.3. The Morgan fingerprint density at radius 1 is 1.08 bits per heavy atom. The summed E-state index contributed by atoms with van der Waals surface area (Å²) in [6, 6.07) is 17.3. The summed E-state index contributed by atoms with van der Waals surface area (Å²) in [6.07, 6.45) is 0. The van der Waals surface area contributed by atoms with Crippen molar-refractivity contribution in [1.82, 2.24) is 10.2 Å². The molecule has 0 aliphatic rings. The Hall–Kier alpha value is -2.60. The molecule has 0 saturated heterocycles. The van der Waals surface area contributed by atoms with Gasteiger partial charge in [-0.2, -0.15) is 0 Å². The van der Waals surface area contributed by atoms with Gasteiger partial charge in [-0.05, 0) is 30.7 Å². The van der Waals surface area contributed by atoms with Gasteiger partial charge in [0.25, 0.3) is 5.22 Å². The summed E-state index contributed by atoms with van der Waals surface area (Å²) in [7, 11) is 1.75. The molecular weight excluding hydrogens is 322 g/mol. The quantitative estimate of drug-likeness (QED) is 0.662. The van der Waals surface area contributed by atoms with E-state index in [4.69, 9.17) is 4.42 Å². The van der Waals surface area contributed by atoms with Gasteiger partial charge in [0.1, 0.15) is 0 Å². The maximum Gasteiger partial charge on any atom is 0.277 e. The SMILES string of the molecule is Cc1ccccc1-c1nnc(SCC(=O)N(C)c2ccccc2)o1. The third-order valence-electron chi connectivity index (χ3n) is 3.62. The Labute approximate surface area is 144 Å². The van der Waals surface area contributed by atoms with Crippen molar-refractivity contribution < 1.29 is 9.21 Å². The van der Waals surface area contributed by atoms with Crippen molar-refractivity contribution in [1.29, 1.82) is 0 Å². The summed E-state index contributed by atoms with van der Waals surface area (Å²) < 4.78 is 5.66. The highest BCUT2D eigenvalue weighted by Gasteiger charge is 2.15. The van der Waals surface area contributed by atoms with E-state index in [1.54, 1.807) is 11.9 Å². The Kier molecular flexibility index (Phi) is 4.96. The number of aryl methyl sites for hydroxylation is 1. The number of benzene rings is 2. The fourth-order valence-corrected chi connectivity index (χ4v) is 2.88. The summed E-state index contributed by atoms with van der Waals surface area (Å²) in [6.45, 7) is 1.99. The van der Waals surface area contributed by atoms with Crippen LogP contribution in [0.4, 0.5) is 5.69 Å². The van der Waals surface area contributed by atoms with Gasteiger partial charge in [0.2, 0.25) is 11.8 Å². The van der Waals surface area contributed by atoms with E-state index in [0.717, 1.165) is 16.8 Å². The molecule has 0 N–H and O–H groups in total. The van der Waals surface area contributed by atoms with Crippen LogP contribution in [0.25, 0.3) is 11.5 Å². The third-order valence-corrected chi connectivity index (χ3v) is 4.42. The van der Waals surface area contributed by atoms with Crippen molar-refractivity contribution in [3.63, 3.8) is 0 Å². The second-order valence-electron chi connectivity index (χ2n) is 5.27.